The minimum absolute atomic E-state index is 0.143. The lowest BCUT2D eigenvalue weighted by atomic mass is 10.1. The Balaban J connectivity index is 1.55. The van der Waals surface area contributed by atoms with Crippen molar-refractivity contribution in [1.29, 1.82) is 0 Å². The number of aromatic nitrogens is 1. The van der Waals surface area contributed by atoms with Crippen molar-refractivity contribution in [1.82, 2.24) is 9.88 Å². The molecule has 1 aliphatic rings. The first-order valence-electron chi connectivity index (χ1n) is 10.1. The van der Waals surface area contributed by atoms with Crippen molar-refractivity contribution in [3.8, 4) is 0 Å². The maximum absolute atomic E-state index is 13.7. The number of nitrogens with zero attached hydrogens (tertiary/aromatic N) is 2. The van der Waals surface area contributed by atoms with Gasteiger partial charge in [0.15, 0.2) is 0 Å². The fraction of sp³-hybridized carbons (Fsp3) is 0.304. The number of aromatic amines is 1. The van der Waals surface area contributed by atoms with Crippen LogP contribution < -0.4 is 15.8 Å². The summed E-state index contributed by atoms with van der Waals surface area (Å²) in [6.45, 7) is 8.25. The third kappa shape index (κ3) is 4.21. The molecule has 1 aliphatic heterocycles. The Labute approximate surface area is 174 Å². The van der Waals surface area contributed by atoms with Crippen LogP contribution >= 0.6 is 0 Å². The lowest BCUT2D eigenvalue weighted by Crippen LogP contribution is -2.48. The lowest BCUT2D eigenvalue weighted by molar-refractivity contribution is 0.102. The summed E-state index contributed by atoms with van der Waals surface area (Å²) in [6, 6.07) is 13.4. The maximum Gasteiger partial charge on any atom is 0.256 e. The normalized spacial score (nSPS) is 15.0. The number of nitrogens with one attached hydrogen (secondary N) is 2. The number of hydrogen-bond donors (Lipinski definition) is 2. The largest absolute Gasteiger partial charge is 0.369 e. The van der Waals surface area contributed by atoms with E-state index in [1.807, 2.05) is 24.3 Å². The molecule has 1 aromatic heterocycles. The van der Waals surface area contributed by atoms with E-state index in [2.05, 4.69) is 33.9 Å². The van der Waals surface area contributed by atoms with E-state index in [0.29, 0.717) is 22.6 Å². The Hall–Kier alpha value is -3.19. The molecule has 0 unspecified atom stereocenters. The summed E-state index contributed by atoms with van der Waals surface area (Å²) >= 11 is 0. The van der Waals surface area contributed by atoms with Crippen LogP contribution in [0.1, 0.15) is 24.2 Å². The number of pyridine rings is 1. The highest BCUT2D eigenvalue weighted by atomic mass is 19.1. The highest BCUT2D eigenvalue weighted by Gasteiger charge is 2.19. The second kappa shape index (κ2) is 8.28. The van der Waals surface area contributed by atoms with Gasteiger partial charge in [0.25, 0.3) is 5.91 Å². The van der Waals surface area contributed by atoms with Crippen LogP contribution in [0.15, 0.2) is 53.3 Å². The minimum atomic E-state index is -0.467. The van der Waals surface area contributed by atoms with Gasteiger partial charge in [0, 0.05) is 60.6 Å². The number of amides is 1. The van der Waals surface area contributed by atoms with Crippen molar-refractivity contribution in [2.45, 2.75) is 19.9 Å². The summed E-state index contributed by atoms with van der Waals surface area (Å²) in [5, 5.41) is 3.22. The Morgan fingerprint density at radius 1 is 1.07 bits per heavy atom. The topological polar surface area (TPSA) is 68.4 Å². The van der Waals surface area contributed by atoms with Crippen molar-refractivity contribution in [3.05, 3.63) is 70.3 Å². The van der Waals surface area contributed by atoms with Crippen LogP contribution in [0, 0.1) is 5.82 Å². The molecule has 2 aromatic carbocycles. The molecule has 2 N–H and O–H groups in total. The van der Waals surface area contributed by atoms with Gasteiger partial charge in [0.1, 0.15) is 5.82 Å². The predicted octanol–water partition coefficient (Wildman–Crippen LogP) is 3.45. The number of hydrogen-bond acceptors (Lipinski definition) is 4. The van der Waals surface area contributed by atoms with Crippen molar-refractivity contribution < 1.29 is 9.18 Å². The second-order valence-electron chi connectivity index (χ2n) is 7.86. The molecule has 3 aromatic rings. The zero-order valence-corrected chi connectivity index (χ0v) is 17.1. The molecule has 0 radical (unpaired) electrons. The molecule has 6 nitrogen and oxygen atoms in total. The summed E-state index contributed by atoms with van der Waals surface area (Å²) in [6.07, 6.45) is 0. The molecule has 0 spiro atoms. The van der Waals surface area contributed by atoms with E-state index in [9.17, 15) is 14.0 Å². The molecule has 1 fully saturated rings. The van der Waals surface area contributed by atoms with Crippen LogP contribution in [0.3, 0.4) is 0 Å². The summed E-state index contributed by atoms with van der Waals surface area (Å²) in [5.74, 6) is -0.912. The van der Waals surface area contributed by atoms with E-state index in [-0.39, 0.29) is 5.56 Å². The van der Waals surface area contributed by atoms with Gasteiger partial charge in [0.05, 0.1) is 5.56 Å². The smallest absolute Gasteiger partial charge is 0.256 e. The molecule has 0 bridgehead atoms. The number of halogens is 1. The molecule has 30 heavy (non-hydrogen) atoms. The first-order chi connectivity index (χ1) is 14.4. The fourth-order valence-corrected chi connectivity index (χ4v) is 3.89. The van der Waals surface area contributed by atoms with E-state index in [1.54, 1.807) is 0 Å². The van der Waals surface area contributed by atoms with Crippen molar-refractivity contribution in [2.24, 2.45) is 0 Å². The van der Waals surface area contributed by atoms with Gasteiger partial charge >= 0.3 is 0 Å². The van der Waals surface area contributed by atoms with Gasteiger partial charge in [-0.05, 0) is 50.2 Å². The van der Waals surface area contributed by atoms with Crippen LogP contribution in [0.2, 0.25) is 0 Å². The first kappa shape index (κ1) is 20.1. The lowest BCUT2D eigenvalue weighted by Gasteiger charge is -2.38. The SMILES string of the molecule is CC(C)N1CCN(c2cccc(NC(=O)c3cc(=O)[nH]c4ccc(F)cc34)c2)CC1. The Morgan fingerprint density at radius 3 is 2.57 bits per heavy atom. The molecule has 0 atom stereocenters. The molecule has 1 amide bonds. The van der Waals surface area contributed by atoms with E-state index in [4.69, 9.17) is 0 Å². The zero-order chi connectivity index (χ0) is 21.3. The van der Waals surface area contributed by atoms with E-state index in [0.717, 1.165) is 31.9 Å². The molecule has 7 heteroatoms. The minimum Gasteiger partial charge on any atom is -0.369 e. The van der Waals surface area contributed by atoms with E-state index >= 15 is 0 Å². The Morgan fingerprint density at radius 2 is 1.83 bits per heavy atom. The number of rotatable bonds is 4. The number of benzene rings is 2. The molecule has 0 saturated carbocycles. The van der Waals surface area contributed by atoms with Gasteiger partial charge in [-0.3, -0.25) is 14.5 Å². The van der Waals surface area contributed by atoms with Gasteiger partial charge < -0.3 is 15.2 Å². The third-order valence-corrected chi connectivity index (χ3v) is 5.56. The summed E-state index contributed by atoms with van der Waals surface area (Å²) in [4.78, 5) is 32.2. The molecular formula is C23H25FN4O2. The molecule has 156 valence electrons. The van der Waals surface area contributed by atoms with Crippen molar-refractivity contribution in [3.63, 3.8) is 0 Å². The van der Waals surface area contributed by atoms with Crippen molar-refractivity contribution >= 4 is 28.2 Å². The Bertz CT molecular complexity index is 1130. The predicted molar refractivity (Wildman–Crippen MR) is 118 cm³/mol. The van der Waals surface area contributed by atoms with Crippen LogP contribution in [-0.2, 0) is 0 Å². The average molecular weight is 408 g/mol. The summed E-state index contributed by atoms with van der Waals surface area (Å²) < 4.78 is 13.7. The van der Waals surface area contributed by atoms with Crippen LogP contribution in [0.25, 0.3) is 10.9 Å². The fourth-order valence-electron chi connectivity index (χ4n) is 3.89. The Kier molecular flexibility index (Phi) is 5.55. The molecule has 1 saturated heterocycles. The van der Waals surface area contributed by atoms with Crippen LogP contribution in [0.5, 0.6) is 0 Å². The molecular weight excluding hydrogens is 383 g/mol. The van der Waals surface area contributed by atoms with Gasteiger partial charge in [-0.15, -0.1) is 0 Å². The number of carbonyl (C=O) groups excluding carboxylic acids is 1. The van der Waals surface area contributed by atoms with Crippen LogP contribution in [0.4, 0.5) is 15.8 Å². The highest BCUT2D eigenvalue weighted by Crippen LogP contribution is 2.23. The van der Waals surface area contributed by atoms with E-state index < -0.39 is 17.3 Å². The maximum atomic E-state index is 13.7. The van der Waals surface area contributed by atoms with Gasteiger partial charge in [-0.2, -0.15) is 0 Å². The quantitative estimate of drug-likeness (QED) is 0.694. The number of H-pyrrole nitrogens is 1. The standard InChI is InChI=1S/C23H25FN4O2/c1-15(2)27-8-10-28(11-9-27)18-5-3-4-17(13-18)25-23(30)20-14-22(29)26-21-7-6-16(24)12-19(20)21/h3-7,12-15H,8-11H2,1-2H3,(H,25,30)(H,26,29). The average Bonchev–Trinajstić information content (AvgIpc) is 2.73. The number of fused-ring (bicyclic) bond motifs is 1. The second-order valence-corrected chi connectivity index (χ2v) is 7.86. The monoisotopic (exact) mass is 408 g/mol. The van der Waals surface area contributed by atoms with E-state index in [1.165, 1.54) is 24.3 Å². The zero-order valence-electron chi connectivity index (χ0n) is 17.1. The number of carbonyl (C=O) groups is 1. The van der Waals surface area contributed by atoms with Gasteiger partial charge in [0.2, 0.25) is 5.56 Å². The number of anilines is 2. The first-order valence-corrected chi connectivity index (χ1v) is 10.1. The van der Waals surface area contributed by atoms with Crippen molar-refractivity contribution in [2.75, 3.05) is 36.4 Å². The summed E-state index contributed by atoms with van der Waals surface area (Å²) in [7, 11) is 0. The number of piperazine rings is 1. The summed E-state index contributed by atoms with van der Waals surface area (Å²) in [5.41, 5.74) is 1.83. The van der Waals surface area contributed by atoms with Gasteiger partial charge in [-0.1, -0.05) is 6.07 Å². The van der Waals surface area contributed by atoms with Gasteiger partial charge in [-0.25, -0.2) is 4.39 Å². The highest BCUT2D eigenvalue weighted by molar-refractivity contribution is 6.12. The van der Waals surface area contributed by atoms with Crippen LogP contribution in [-0.4, -0.2) is 48.0 Å². The molecule has 2 heterocycles. The molecule has 0 aliphatic carbocycles. The molecule has 4 rings (SSSR count). The third-order valence-electron chi connectivity index (χ3n) is 5.56.